The van der Waals surface area contributed by atoms with Crippen LogP contribution in [-0.4, -0.2) is 11.1 Å². The van der Waals surface area contributed by atoms with E-state index in [-0.39, 0.29) is 11.1 Å². The number of imide groups is 1. The number of hydrogen-bond acceptors (Lipinski definition) is 3. The summed E-state index contributed by atoms with van der Waals surface area (Å²) in [4.78, 5) is 23.2. The summed E-state index contributed by atoms with van der Waals surface area (Å²) in [5, 5.41) is 4.20. The van der Waals surface area contributed by atoms with Crippen LogP contribution in [0.2, 0.25) is 0 Å². The van der Waals surface area contributed by atoms with Crippen molar-refractivity contribution in [3.63, 3.8) is 0 Å². The van der Waals surface area contributed by atoms with E-state index >= 15 is 0 Å². The van der Waals surface area contributed by atoms with Crippen molar-refractivity contribution in [1.82, 2.24) is 5.32 Å². The van der Waals surface area contributed by atoms with Gasteiger partial charge in [-0.15, -0.1) is 0 Å². The molecule has 0 unspecified atom stereocenters. The third-order valence-corrected chi connectivity index (χ3v) is 3.92. The summed E-state index contributed by atoms with van der Waals surface area (Å²) < 4.78 is 0. The molecule has 1 aliphatic rings. The maximum Gasteiger partial charge on any atom is 0.290 e. The van der Waals surface area contributed by atoms with Gasteiger partial charge in [0.15, 0.2) is 0 Å². The fourth-order valence-electron chi connectivity index (χ4n) is 2.16. The molecule has 1 aliphatic heterocycles. The van der Waals surface area contributed by atoms with Crippen LogP contribution < -0.4 is 5.32 Å². The van der Waals surface area contributed by atoms with Crippen molar-refractivity contribution in [2.24, 2.45) is 0 Å². The van der Waals surface area contributed by atoms with Crippen molar-refractivity contribution in [3.05, 3.63) is 52.4 Å². The predicted molar refractivity (Wildman–Crippen MR) is 77.8 cm³/mol. The van der Waals surface area contributed by atoms with Crippen molar-refractivity contribution in [3.8, 4) is 0 Å². The van der Waals surface area contributed by atoms with E-state index in [0.29, 0.717) is 4.91 Å². The lowest BCUT2D eigenvalue weighted by Gasteiger charge is -2.05. The molecule has 1 N–H and O–H groups in total. The molecule has 0 saturated carbocycles. The van der Waals surface area contributed by atoms with Gasteiger partial charge in [0, 0.05) is 0 Å². The van der Waals surface area contributed by atoms with Crippen molar-refractivity contribution in [1.29, 1.82) is 0 Å². The van der Waals surface area contributed by atoms with Crippen LogP contribution in [0.3, 0.4) is 0 Å². The minimum absolute atomic E-state index is 0.312. The predicted octanol–water partition coefficient (Wildman–Crippen LogP) is 3.47. The standard InChI is InChI=1S/C15H11NO2S/c1-9-6-7-10(12-5-3-2-4-11(9)12)8-13-14(17)16-15(18)19-13/h2-8H,1H3,(H,16,17,18)/b13-8-. The second-order valence-corrected chi connectivity index (χ2v) is 5.38. The highest BCUT2D eigenvalue weighted by Gasteiger charge is 2.25. The van der Waals surface area contributed by atoms with Gasteiger partial charge in [0.1, 0.15) is 0 Å². The molecule has 94 valence electrons. The molecule has 2 amide bonds. The Bertz CT molecular complexity index is 734. The molecule has 1 saturated heterocycles. The molecule has 19 heavy (non-hydrogen) atoms. The monoisotopic (exact) mass is 269 g/mol. The smallest absolute Gasteiger partial charge is 0.282 e. The lowest BCUT2D eigenvalue weighted by Crippen LogP contribution is -2.17. The van der Waals surface area contributed by atoms with E-state index in [9.17, 15) is 9.59 Å². The zero-order valence-corrected chi connectivity index (χ0v) is 11.1. The van der Waals surface area contributed by atoms with Gasteiger partial charge in [-0.05, 0) is 46.7 Å². The Labute approximate surface area is 114 Å². The van der Waals surface area contributed by atoms with Crippen LogP contribution in [-0.2, 0) is 4.79 Å². The molecule has 2 aromatic rings. The number of nitrogens with one attached hydrogen (secondary N) is 1. The van der Waals surface area contributed by atoms with Gasteiger partial charge in [0.25, 0.3) is 11.1 Å². The van der Waals surface area contributed by atoms with Crippen LogP contribution in [0.4, 0.5) is 4.79 Å². The number of amides is 2. The summed E-state index contributed by atoms with van der Waals surface area (Å²) in [5.41, 5.74) is 2.14. The van der Waals surface area contributed by atoms with Gasteiger partial charge in [0.2, 0.25) is 0 Å². The number of hydrogen-bond donors (Lipinski definition) is 1. The van der Waals surface area contributed by atoms with Crippen molar-refractivity contribution in [2.75, 3.05) is 0 Å². The highest BCUT2D eigenvalue weighted by atomic mass is 32.2. The van der Waals surface area contributed by atoms with E-state index in [1.165, 1.54) is 5.56 Å². The molecule has 2 aromatic carbocycles. The number of carbonyl (C=O) groups excluding carboxylic acids is 2. The van der Waals surface area contributed by atoms with Crippen LogP contribution in [0, 0.1) is 6.92 Å². The van der Waals surface area contributed by atoms with Gasteiger partial charge in [-0.1, -0.05) is 36.4 Å². The number of carbonyl (C=O) groups is 2. The third kappa shape index (κ3) is 2.15. The minimum Gasteiger partial charge on any atom is -0.282 e. The fourth-order valence-corrected chi connectivity index (χ4v) is 2.83. The molecular formula is C15H11NO2S. The van der Waals surface area contributed by atoms with E-state index in [1.54, 1.807) is 6.08 Å². The van der Waals surface area contributed by atoms with E-state index in [2.05, 4.69) is 18.3 Å². The van der Waals surface area contributed by atoms with Gasteiger partial charge in [-0.3, -0.25) is 14.9 Å². The Hall–Kier alpha value is -2.07. The van der Waals surface area contributed by atoms with Crippen LogP contribution in [0.1, 0.15) is 11.1 Å². The summed E-state index contributed by atoms with van der Waals surface area (Å²) >= 11 is 0.943. The van der Waals surface area contributed by atoms with Gasteiger partial charge in [-0.2, -0.15) is 0 Å². The largest absolute Gasteiger partial charge is 0.290 e. The molecular weight excluding hydrogens is 258 g/mol. The molecule has 4 heteroatoms. The summed E-state index contributed by atoms with van der Waals surface area (Å²) in [7, 11) is 0. The Balaban J connectivity index is 2.17. The Morgan fingerprint density at radius 1 is 1.05 bits per heavy atom. The van der Waals surface area contributed by atoms with Crippen molar-refractivity contribution in [2.45, 2.75) is 6.92 Å². The summed E-state index contributed by atoms with van der Waals surface area (Å²) in [6, 6.07) is 12.0. The molecule has 0 bridgehead atoms. The Morgan fingerprint density at radius 3 is 2.47 bits per heavy atom. The average molecular weight is 269 g/mol. The van der Waals surface area contributed by atoms with Crippen molar-refractivity contribution < 1.29 is 9.59 Å². The molecule has 0 radical (unpaired) electrons. The molecule has 0 spiro atoms. The molecule has 3 nitrogen and oxygen atoms in total. The first-order valence-electron chi connectivity index (χ1n) is 5.88. The van der Waals surface area contributed by atoms with Gasteiger partial charge in [-0.25, -0.2) is 0 Å². The number of thioether (sulfide) groups is 1. The quantitative estimate of drug-likeness (QED) is 0.806. The lowest BCUT2D eigenvalue weighted by atomic mass is 10.00. The SMILES string of the molecule is Cc1ccc(/C=C2\SC(=O)NC2=O)c2ccccc12. The second-order valence-electron chi connectivity index (χ2n) is 4.37. The molecule has 0 aromatic heterocycles. The first-order valence-corrected chi connectivity index (χ1v) is 6.70. The zero-order chi connectivity index (χ0) is 13.4. The average Bonchev–Trinajstić information content (AvgIpc) is 2.72. The number of benzene rings is 2. The zero-order valence-electron chi connectivity index (χ0n) is 10.3. The highest BCUT2D eigenvalue weighted by Crippen LogP contribution is 2.29. The Morgan fingerprint density at radius 2 is 1.79 bits per heavy atom. The molecule has 1 heterocycles. The van der Waals surface area contributed by atoms with Gasteiger partial charge in [0.05, 0.1) is 4.91 Å². The van der Waals surface area contributed by atoms with Gasteiger partial charge < -0.3 is 0 Å². The fraction of sp³-hybridized carbons (Fsp3) is 0.0667. The molecule has 0 aliphatic carbocycles. The van der Waals surface area contributed by atoms with Gasteiger partial charge >= 0.3 is 0 Å². The van der Waals surface area contributed by atoms with E-state index < -0.39 is 0 Å². The van der Waals surface area contributed by atoms with Crippen LogP contribution in [0.15, 0.2) is 41.3 Å². The Kier molecular flexibility index (Phi) is 2.87. The maximum absolute atomic E-state index is 11.6. The van der Waals surface area contributed by atoms with Crippen LogP contribution in [0.5, 0.6) is 0 Å². The van der Waals surface area contributed by atoms with E-state index in [4.69, 9.17) is 0 Å². The molecule has 1 fully saturated rings. The summed E-state index contributed by atoms with van der Waals surface area (Å²) in [6.45, 7) is 2.06. The first kappa shape index (κ1) is 12.0. The summed E-state index contributed by atoms with van der Waals surface area (Å²) in [5.74, 6) is -0.320. The van der Waals surface area contributed by atoms with Crippen LogP contribution >= 0.6 is 11.8 Å². The number of fused-ring (bicyclic) bond motifs is 1. The van der Waals surface area contributed by atoms with Crippen molar-refractivity contribution >= 4 is 39.8 Å². The lowest BCUT2D eigenvalue weighted by molar-refractivity contribution is -0.115. The van der Waals surface area contributed by atoms with E-state index in [0.717, 1.165) is 28.1 Å². The number of aryl methyl sites for hydroxylation is 1. The maximum atomic E-state index is 11.6. The second kappa shape index (κ2) is 4.55. The highest BCUT2D eigenvalue weighted by molar-refractivity contribution is 8.18. The minimum atomic E-state index is -0.320. The number of rotatable bonds is 1. The molecule has 3 rings (SSSR count). The summed E-state index contributed by atoms with van der Waals surface area (Å²) in [6.07, 6.45) is 1.77. The van der Waals surface area contributed by atoms with E-state index in [1.807, 2.05) is 30.3 Å². The first-order chi connectivity index (χ1) is 9.15. The molecule has 0 atom stereocenters. The van der Waals surface area contributed by atoms with Crippen LogP contribution in [0.25, 0.3) is 16.8 Å². The third-order valence-electron chi connectivity index (χ3n) is 3.10. The topological polar surface area (TPSA) is 46.2 Å². The normalized spacial score (nSPS) is 17.2.